The van der Waals surface area contributed by atoms with Gasteiger partial charge in [-0.25, -0.2) is 0 Å². The molecule has 8 nitrogen and oxygen atoms in total. The molecule has 2 aromatic rings. The minimum absolute atomic E-state index is 0.0697. The monoisotopic (exact) mass is 206 g/mol. The minimum Gasteiger partial charge on any atom is -0.398 e. The normalized spacial score (nSPS) is 10.1. The predicted octanol–water partition coefficient (Wildman–Crippen LogP) is 0.357. The summed E-state index contributed by atoms with van der Waals surface area (Å²) in [6, 6.07) is 4.08. The molecule has 0 bridgehead atoms. The molecule has 0 aliphatic rings. The van der Waals surface area contributed by atoms with Crippen molar-refractivity contribution >= 4 is 11.4 Å². The number of nitrogen functional groups attached to an aromatic ring is 1. The van der Waals surface area contributed by atoms with E-state index in [4.69, 9.17) is 5.73 Å². The molecule has 76 valence electrons. The van der Waals surface area contributed by atoms with E-state index in [1.165, 1.54) is 18.2 Å². The van der Waals surface area contributed by atoms with E-state index in [-0.39, 0.29) is 11.4 Å². The van der Waals surface area contributed by atoms with Crippen LogP contribution in [-0.4, -0.2) is 25.5 Å². The summed E-state index contributed by atoms with van der Waals surface area (Å²) < 4.78 is 0. The number of benzene rings is 1. The van der Waals surface area contributed by atoms with Crippen LogP contribution >= 0.6 is 0 Å². The Labute approximate surface area is 83.3 Å². The maximum atomic E-state index is 10.5. The second kappa shape index (κ2) is 3.33. The highest BCUT2D eigenvalue weighted by Crippen LogP contribution is 2.25. The van der Waals surface area contributed by atoms with Crippen LogP contribution in [0.15, 0.2) is 18.2 Å². The Kier molecular flexibility index (Phi) is 2.01. The van der Waals surface area contributed by atoms with E-state index in [0.717, 1.165) is 0 Å². The topological polar surface area (TPSA) is 124 Å². The number of hydrogen-bond acceptors (Lipinski definition) is 6. The molecule has 0 spiro atoms. The van der Waals surface area contributed by atoms with Crippen molar-refractivity contribution in [2.45, 2.75) is 0 Å². The number of anilines is 1. The summed E-state index contributed by atoms with van der Waals surface area (Å²) in [4.78, 5) is 9.93. The molecular weight excluding hydrogens is 200 g/mol. The summed E-state index contributed by atoms with van der Waals surface area (Å²) >= 11 is 0. The van der Waals surface area contributed by atoms with E-state index in [1.807, 2.05) is 0 Å². The van der Waals surface area contributed by atoms with Crippen molar-refractivity contribution in [2.24, 2.45) is 0 Å². The van der Waals surface area contributed by atoms with E-state index in [1.54, 1.807) is 0 Å². The zero-order valence-electron chi connectivity index (χ0n) is 7.41. The number of nitrogens with one attached hydrogen (secondary N) is 1. The lowest BCUT2D eigenvalue weighted by Gasteiger charge is -1.99. The van der Waals surface area contributed by atoms with Crippen molar-refractivity contribution in [3.63, 3.8) is 0 Å². The SMILES string of the molecule is Nc1cc([N+](=O)[O-])ccc1-c1nn[nH]n1. The molecule has 0 saturated carbocycles. The van der Waals surface area contributed by atoms with Crippen LogP contribution in [0.2, 0.25) is 0 Å². The number of hydrogen-bond donors (Lipinski definition) is 2. The van der Waals surface area contributed by atoms with Gasteiger partial charge in [-0.05, 0) is 11.3 Å². The number of H-pyrrole nitrogens is 1. The summed E-state index contributed by atoms with van der Waals surface area (Å²) in [6.07, 6.45) is 0. The van der Waals surface area contributed by atoms with Gasteiger partial charge < -0.3 is 5.73 Å². The lowest BCUT2D eigenvalue weighted by molar-refractivity contribution is -0.384. The summed E-state index contributed by atoms with van der Waals surface area (Å²) in [6.45, 7) is 0. The van der Waals surface area contributed by atoms with Gasteiger partial charge in [-0.3, -0.25) is 10.1 Å². The molecule has 8 heteroatoms. The third kappa shape index (κ3) is 1.59. The van der Waals surface area contributed by atoms with Gasteiger partial charge in [-0.15, -0.1) is 10.2 Å². The Morgan fingerprint density at radius 1 is 1.47 bits per heavy atom. The number of aromatic amines is 1. The van der Waals surface area contributed by atoms with E-state index >= 15 is 0 Å². The number of aromatic nitrogens is 4. The highest BCUT2D eigenvalue weighted by Gasteiger charge is 2.12. The first kappa shape index (κ1) is 9.06. The third-order valence-electron chi connectivity index (χ3n) is 1.83. The quantitative estimate of drug-likeness (QED) is 0.415. The molecule has 1 heterocycles. The molecule has 0 atom stereocenters. The summed E-state index contributed by atoms with van der Waals surface area (Å²) in [5.74, 6) is 0.308. The molecule has 0 aliphatic carbocycles. The summed E-state index contributed by atoms with van der Waals surface area (Å²) in [7, 11) is 0. The van der Waals surface area contributed by atoms with Gasteiger partial charge in [0.05, 0.1) is 4.92 Å². The second-order valence-corrected chi connectivity index (χ2v) is 2.76. The predicted molar refractivity (Wildman–Crippen MR) is 50.7 cm³/mol. The Hall–Kier alpha value is -2.51. The zero-order chi connectivity index (χ0) is 10.8. The molecule has 1 aromatic heterocycles. The van der Waals surface area contributed by atoms with Gasteiger partial charge in [0.1, 0.15) is 0 Å². The largest absolute Gasteiger partial charge is 0.398 e. The fourth-order valence-electron chi connectivity index (χ4n) is 1.14. The number of tetrazole rings is 1. The minimum atomic E-state index is -0.517. The van der Waals surface area contributed by atoms with Crippen LogP contribution in [-0.2, 0) is 0 Å². The van der Waals surface area contributed by atoms with Gasteiger partial charge in [0.2, 0.25) is 5.82 Å². The Morgan fingerprint density at radius 2 is 2.27 bits per heavy atom. The van der Waals surface area contributed by atoms with Gasteiger partial charge in [0.25, 0.3) is 5.69 Å². The molecule has 0 radical (unpaired) electrons. The van der Waals surface area contributed by atoms with Gasteiger partial charge in [0, 0.05) is 23.4 Å². The van der Waals surface area contributed by atoms with Crippen LogP contribution in [0.3, 0.4) is 0 Å². The standard InChI is InChI=1S/C7H6N6O2/c8-6-3-4(13(14)15)1-2-5(6)7-9-11-12-10-7/h1-3H,8H2,(H,9,10,11,12). The first-order valence-corrected chi connectivity index (χ1v) is 3.96. The Morgan fingerprint density at radius 3 is 2.80 bits per heavy atom. The van der Waals surface area contributed by atoms with Crippen molar-refractivity contribution in [3.05, 3.63) is 28.3 Å². The lowest BCUT2D eigenvalue weighted by Crippen LogP contribution is -1.95. The van der Waals surface area contributed by atoms with E-state index in [0.29, 0.717) is 11.4 Å². The molecule has 15 heavy (non-hydrogen) atoms. The molecule has 0 saturated heterocycles. The van der Waals surface area contributed by atoms with Crippen LogP contribution in [0.25, 0.3) is 11.4 Å². The first-order chi connectivity index (χ1) is 7.18. The van der Waals surface area contributed by atoms with Gasteiger partial charge in [-0.1, -0.05) is 0 Å². The van der Waals surface area contributed by atoms with Crippen molar-refractivity contribution in [2.75, 3.05) is 5.73 Å². The van der Waals surface area contributed by atoms with Crippen LogP contribution in [0.1, 0.15) is 0 Å². The number of nitro groups is 1. The Balaban J connectivity index is 2.48. The third-order valence-corrected chi connectivity index (χ3v) is 1.83. The smallest absolute Gasteiger partial charge is 0.271 e. The molecule has 0 amide bonds. The van der Waals surface area contributed by atoms with Crippen molar-refractivity contribution in [3.8, 4) is 11.4 Å². The maximum Gasteiger partial charge on any atom is 0.271 e. The van der Waals surface area contributed by atoms with Gasteiger partial charge >= 0.3 is 0 Å². The number of rotatable bonds is 2. The van der Waals surface area contributed by atoms with Crippen molar-refractivity contribution in [1.82, 2.24) is 20.6 Å². The summed E-state index contributed by atoms with van der Waals surface area (Å²) in [5.41, 5.74) is 6.30. The molecule has 0 fully saturated rings. The van der Waals surface area contributed by atoms with Crippen LogP contribution < -0.4 is 5.73 Å². The number of non-ortho nitro benzene ring substituents is 1. The zero-order valence-corrected chi connectivity index (χ0v) is 7.41. The van der Waals surface area contributed by atoms with Crippen LogP contribution in [0.4, 0.5) is 11.4 Å². The molecule has 2 rings (SSSR count). The highest BCUT2D eigenvalue weighted by atomic mass is 16.6. The van der Waals surface area contributed by atoms with Gasteiger partial charge in [-0.2, -0.15) is 5.21 Å². The van der Waals surface area contributed by atoms with Gasteiger partial charge in [0.15, 0.2) is 0 Å². The average Bonchev–Trinajstić information content (AvgIpc) is 2.70. The number of nitrogens with two attached hydrogens (primary N) is 1. The number of nitrogens with zero attached hydrogens (tertiary/aromatic N) is 4. The molecular formula is C7H6N6O2. The van der Waals surface area contributed by atoms with Crippen LogP contribution in [0, 0.1) is 10.1 Å². The number of nitro benzene ring substituents is 1. The van der Waals surface area contributed by atoms with Crippen molar-refractivity contribution in [1.29, 1.82) is 0 Å². The average molecular weight is 206 g/mol. The molecule has 0 aliphatic heterocycles. The van der Waals surface area contributed by atoms with E-state index < -0.39 is 4.92 Å². The molecule has 1 aromatic carbocycles. The molecule has 3 N–H and O–H groups in total. The van der Waals surface area contributed by atoms with E-state index in [2.05, 4.69) is 20.6 Å². The van der Waals surface area contributed by atoms with Crippen molar-refractivity contribution < 1.29 is 4.92 Å². The Bertz CT molecular complexity index is 494. The fraction of sp³-hybridized carbons (Fsp3) is 0. The molecule has 0 unspecified atom stereocenters. The first-order valence-electron chi connectivity index (χ1n) is 3.96. The summed E-state index contributed by atoms with van der Waals surface area (Å²) in [5, 5.41) is 23.5. The highest BCUT2D eigenvalue weighted by molar-refractivity contribution is 5.73. The second-order valence-electron chi connectivity index (χ2n) is 2.76. The maximum absolute atomic E-state index is 10.5. The van der Waals surface area contributed by atoms with Crippen LogP contribution in [0.5, 0.6) is 0 Å². The lowest BCUT2D eigenvalue weighted by atomic mass is 10.1. The van der Waals surface area contributed by atoms with E-state index in [9.17, 15) is 10.1 Å². The fourth-order valence-corrected chi connectivity index (χ4v) is 1.14.